The number of hydrogen-bond donors (Lipinski definition) is 1. The summed E-state index contributed by atoms with van der Waals surface area (Å²) in [4.78, 5) is 10.8. The molecule has 0 aliphatic carbocycles. The van der Waals surface area contributed by atoms with Gasteiger partial charge in [-0.05, 0) is 42.3 Å². The van der Waals surface area contributed by atoms with Crippen molar-refractivity contribution in [2.45, 2.75) is 13.8 Å². The number of hydrogen-bond acceptors (Lipinski definition) is 3. The number of nitrogens with two attached hydrogens (primary N) is 1. The number of allylic oxidation sites excluding steroid dienone is 4. The average molecular weight is 286 g/mol. The molecule has 0 radical (unpaired) electrons. The second-order valence-corrected chi connectivity index (χ2v) is 4.42. The van der Waals surface area contributed by atoms with Crippen molar-refractivity contribution in [2.75, 3.05) is 7.11 Å². The molecule has 1 rings (SSSR count). The van der Waals surface area contributed by atoms with Gasteiger partial charge in [0, 0.05) is 19.1 Å². The van der Waals surface area contributed by atoms with Crippen LogP contribution >= 0.6 is 0 Å². The summed E-state index contributed by atoms with van der Waals surface area (Å²) in [5.41, 5.74) is 7.78. The van der Waals surface area contributed by atoms with Gasteiger partial charge in [-0.15, -0.1) is 0 Å². The molecule has 110 valence electrons. The van der Waals surface area contributed by atoms with Crippen LogP contribution in [-0.2, 0) is 9.22 Å². The molecule has 0 fully saturated rings. The molecule has 0 aromatic heterocycles. The molecule has 0 bridgehead atoms. The van der Waals surface area contributed by atoms with Gasteiger partial charge >= 0.3 is 12.5 Å². The zero-order valence-corrected chi connectivity index (χ0v) is 12.5. The van der Waals surface area contributed by atoms with E-state index in [1.54, 1.807) is 19.3 Å². The molecule has 0 atom stereocenters. The Kier molecular flexibility index (Phi) is 6.68. The van der Waals surface area contributed by atoms with Gasteiger partial charge in [-0.3, -0.25) is 4.79 Å². The first-order chi connectivity index (χ1) is 10.0. The number of ether oxygens (including phenoxy) is 1. The van der Waals surface area contributed by atoms with Gasteiger partial charge in [-0.1, -0.05) is 6.07 Å². The van der Waals surface area contributed by atoms with Crippen LogP contribution in [0.2, 0.25) is 0 Å². The summed E-state index contributed by atoms with van der Waals surface area (Å²) in [5, 5.41) is 0. The lowest BCUT2D eigenvalue weighted by Gasteiger charge is -2.02. The number of rotatable bonds is 6. The highest BCUT2D eigenvalue weighted by atomic mass is 16.5. The molecule has 1 aromatic carbocycles. The van der Waals surface area contributed by atoms with Crippen LogP contribution < -0.4 is 10.5 Å². The van der Waals surface area contributed by atoms with E-state index in [0.717, 1.165) is 16.9 Å². The van der Waals surface area contributed by atoms with Crippen LogP contribution in [0.1, 0.15) is 18.1 Å². The number of carbonyl (C=O) groups excluding carboxylic acids is 2. The number of aldehydes is 1. The maximum atomic E-state index is 10.8. The van der Waals surface area contributed by atoms with Crippen LogP contribution in [0.4, 0.5) is 0 Å². The molecule has 1 aromatic rings. The van der Waals surface area contributed by atoms with Gasteiger partial charge < -0.3 is 10.5 Å². The van der Waals surface area contributed by atoms with Gasteiger partial charge in [-0.25, -0.2) is 4.42 Å². The number of Topliss-reactive ketones (excluding diaryl/α,β-unsaturated/α-hetero) is 1. The van der Waals surface area contributed by atoms with Crippen molar-refractivity contribution in [3.05, 3.63) is 59.5 Å². The van der Waals surface area contributed by atoms with Gasteiger partial charge in [0.05, 0.1) is 12.8 Å². The molecule has 0 heterocycles. The summed E-state index contributed by atoms with van der Waals surface area (Å²) in [6, 6.07) is 5.94. The fourth-order valence-electron chi connectivity index (χ4n) is 1.54. The summed E-state index contributed by atoms with van der Waals surface area (Å²) in [6.45, 7) is 3.42. The highest BCUT2D eigenvalue weighted by Crippen LogP contribution is 2.17. The van der Waals surface area contributed by atoms with Gasteiger partial charge in [0.25, 0.3) is 0 Å². The predicted octanol–water partition coefficient (Wildman–Crippen LogP) is 2.70. The smallest absolute Gasteiger partial charge is 0.318 e. The monoisotopic (exact) mass is 286 g/mol. The van der Waals surface area contributed by atoms with E-state index < -0.39 is 0 Å². The standard InChI is InChI=1S/C17H20NO3/c1-13-10-15(12-16(11-13)20-3)6-4-8-21-9-5-7-17(18)14(2)19/h4-12H,18H2,1-3H3/q+1/b6-4+,9-5-,17-7-. The van der Waals surface area contributed by atoms with Crippen molar-refractivity contribution in [1.29, 1.82) is 0 Å². The van der Waals surface area contributed by atoms with Crippen molar-refractivity contribution in [1.82, 2.24) is 0 Å². The second kappa shape index (κ2) is 8.53. The molecular formula is C17H20NO3+. The zero-order chi connectivity index (χ0) is 15.7. The predicted molar refractivity (Wildman–Crippen MR) is 84.9 cm³/mol. The third-order valence-electron chi connectivity index (χ3n) is 2.59. The third kappa shape index (κ3) is 6.38. The summed E-state index contributed by atoms with van der Waals surface area (Å²) >= 11 is 0. The minimum absolute atomic E-state index is 0.170. The largest absolute Gasteiger partial charge is 0.497 e. The fraction of sp³-hybridized carbons (Fsp3) is 0.176. The SMILES string of the molecule is COc1cc(C)cc(/C=C/C=[O+]/C=C\C=C(/N)C(C)=O)c1. The van der Waals surface area contributed by atoms with Crippen molar-refractivity contribution < 1.29 is 14.0 Å². The number of ketones is 1. The third-order valence-corrected chi connectivity index (χ3v) is 2.59. The topological polar surface area (TPSA) is 63.6 Å². The summed E-state index contributed by atoms with van der Waals surface area (Å²) < 4.78 is 10.3. The maximum absolute atomic E-state index is 10.8. The van der Waals surface area contributed by atoms with E-state index in [1.165, 1.54) is 25.5 Å². The van der Waals surface area contributed by atoms with Gasteiger partial charge in [0.15, 0.2) is 5.78 Å². The van der Waals surface area contributed by atoms with E-state index in [-0.39, 0.29) is 11.5 Å². The number of aryl methyl sites for hydroxylation is 1. The van der Waals surface area contributed by atoms with Crippen molar-refractivity contribution in [3.8, 4) is 5.75 Å². The number of methoxy groups -OCH3 is 1. The van der Waals surface area contributed by atoms with E-state index in [4.69, 9.17) is 14.9 Å². The molecule has 2 N–H and O–H groups in total. The van der Waals surface area contributed by atoms with Crippen molar-refractivity contribution in [3.63, 3.8) is 0 Å². The molecular weight excluding hydrogens is 266 g/mol. The number of benzene rings is 1. The lowest BCUT2D eigenvalue weighted by Crippen LogP contribution is -2.05. The Morgan fingerprint density at radius 3 is 2.71 bits per heavy atom. The van der Waals surface area contributed by atoms with E-state index in [1.807, 2.05) is 31.2 Å². The highest BCUT2D eigenvalue weighted by molar-refractivity contribution is 5.92. The Hall–Kier alpha value is -2.62. The molecule has 4 heteroatoms. The van der Waals surface area contributed by atoms with Crippen LogP contribution in [0.25, 0.3) is 6.08 Å². The summed E-state index contributed by atoms with van der Waals surface area (Å²) in [7, 11) is 1.64. The van der Waals surface area contributed by atoms with E-state index in [9.17, 15) is 4.79 Å². The second-order valence-electron chi connectivity index (χ2n) is 4.42. The van der Waals surface area contributed by atoms with Crippen LogP contribution in [-0.4, -0.2) is 19.2 Å². The quantitative estimate of drug-likeness (QED) is 0.287. The average Bonchev–Trinajstić information content (AvgIpc) is 2.45. The Labute approximate surface area is 124 Å². The summed E-state index contributed by atoms with van der Waals surface area (Å²) in [6.07, 6.45) is 9.71. The van der Waals surface area contributed by atoms with E-state index in [0.29, 0.717) is 0 Å². The summed E-state index contributed by atoms with van der Waals surface area (Å²) in [5.74, 6) is 0.650. The van der Waals surface area contributed by atoms with Crippen molar-refractivity contribution >= 4 is 18.1 Å². The fourth-order valence-corrected chi connectivity index (χ4v) is 1.54. The molecule has 0 saturated carbocycles. The van der Waals surface area contributed by atoms with Gasteiger partial charge in [0.1, 0.15) is 5.75 Å². The van der Waals surface area contributed by atoms with Crippen molar-refractivity contribution in [2.24, 2.45) is 5.73 Å². The highest BCUT2D eigenvalue weighted by Gasteiger charge is 1.96. The minimum atomic E-state index is -0.170. The Morgan fingerprint density at radius 1 is 1.29 bits per heavy atom. The molecule has 0 aliphatic rings. The Balaban J connectivity index is 2.60. The molecule has 0 unspecified atom stereocenters. The Morgan fingerprint density at radius 2 is 2.05 bits per heavy atom. The molecule has 0 amide bonds. The first-order valence-electron chi connectivity index (χ1n) is 6.47. The van der Waals surface area contributed by atoms with Crippen LogP contribution in [0.15, 0.2) is 48.4 Å². The molecule has 0 aliphatic heterocycles. The van der Waals surface area contributed by atoms with Crippen LogP contribution in [0, 0.1) is 6.92 Å². The van der Waals surface area contributed by atoms with Crippen LogP contribution in [0.5, 0.6) is 5.75 Å². The first-order valence-corrected chi connectivity index (χ1v) is 6.47. The molecule has 0 spiro atoms. The van der Waals surface area contributed by atoms with E-state index >= 15 is 0 Å². The van der Waals surface area contributed by atoms with Gasteiger partial charge in [-0.2, -0.15) is 0 Å². The minimum Gasteiger partial charge on any atom is -0.497 e. The van der Waals surface area contributed by atoms with Crippen LogP contribution in [0.3, 0.4) is 0 Å². The lowest BCUT2D eigenvalue weighted by molar-refractivity contribution is -0.365. The zero-order valence-electron chi connectivity index (χ0n) is 12.5. The maximum Gasteiger partial charge on any atom is 0.318 e. The molecule has 21 heavy (non-hydrogen) atoms. The van der Waals surface area contributed by atoms with E-state index in [2.05, 4.69) is 0 Å². The Bertz CT molecular complexity index is 610. The van der Waals surface area contributed by atoms with Gasteiger partial charge in [0.2, 0.25) is 0 Å². The lowest BCUT2D eigenvalue weighted by atomic mass is 10.1. The first kappa shape index (κ1) is 16.4. The molecule has 0 saturated heterocycles. The number of carbonyl (C=O) groups is 1. The normalized spacial score (nSPS) is 12.6. The molecule has 4 nitrogen and oxygen atoms in total.